The highest BCUT2D eigenvalue weighted by atomic mass is 79.9. The molecular weight excluding hydrogens is 284 g/mol. The molecule has 0 spiro atoms. The van der Waals surface area contributed by atoms with E-state index in [-0.39, 0.29) is 11.3 Å². The third-order valence-corrected chi connectivity index (χ3v) is 3.24. The molecule has 0 saturated heterocycles. The molecule has 0 bridgehead atoms. The molecule has 0 amide bonds. The van der Waals surface area contributed by atoms with Crippen LogP contribution in [-0.2, 0) is 4.79 Å². The van der Waals surface area contributed by atoms with Crippen LogP contribution in [0, 0.1) is 0 Å². The van der Waals surface area contributed by atoms with Crippen molar-refractivity contribution in [2.75, 3.05) is 5.75 Å². The highest BCUT2D eigenvalue weighted by Crippen LogP contribution is 2.28. The fourth-order valence-corrected chi connectivity index (χ4v) is 2.43. The van der Waals surface area contributed by atoms with Crippen LogP contribution in [0.2, 0.25) is 0 Å². The molecule has 6 heteroatoms. The third kappa shape index (κ3) is 3.24. The van der Waals surface area contributed by atoms with E-state index in [4.69, 9.17) is 10.2 Å². The van der Waals surface area contributed by atoms with Gasteiger partial charge in [0.25, 0.3) is 0 Å². The number of hydrogen-bond donors (Lipinski definition) is 2. The van der Waals surface area contributed by atoms with E-state index in [1.54, 1.807) is 18.2 Å². The van der Waals surface area contributed by atoms with Crippen LogP contribution in [-0.4, -0.2) is 27.9 Å². The monoisotopic (exact) mass is 290 g/mol. The maximum absolute atomic E-state index is 10.9. The van der Waals surface area contributed by atoms with Crippen molar-refractivity contribution in [3.05, 3.63) is 28.2 Å². The number of carboxylic acids is 2. The topological polar surface area (TPSA) is 74.6 Å². The molecule has 0 radical (unpaired) electrons. The number of aromatic carboxylic acids is 1. The molecule has 0 aliphatic carbocycles. The number of halogens is 1. The molecule has 0 fully saturated rings. The Kier molecular flexibility index (Phi) is 4.16. The van der Waals surface area contributed by atoms with Crippen molar-refractivity contribution in [3.63, 3.8) is 0 Å². The van der Waals surface area contributed by atoms with Gasteiger partial charge in [-0.3, -0.25) is 4.79 Å². The third-order valence-electron chi connectivity index (χ3n) is 1.54. The fourth-order valence-electron chi connectivity index (χ4n) is 0.972. The van der Waals surface area contributed by atoms with Crippen molar-refractivity contribution in [1.82, 2.24) is 0 Å². The number of rotatable bonds is 4. The molecule has 0 aliphatic heterocycles. The fraction of sp³-hybridized carbons (Fsp3) is 0.111. The number of thioether (sulfide) groups is 1. The van der Waals surface area contributed by atoms with Gasteiger partial charge in [0.1, 0.15) is 0 Å². The van der Waals surface area contributed by atoms with Crippen LogP contribution in [0.3, 0.4) is 0 Å². The maximum atomic E-state index is 10.9. The summed E-state index contributed by atoms with van der Waals surface area (Å²) >= 11 is 4.10. The lowest BCUT2D eigenvalue weighted by molar-refractivity contribution is -0.133. The number of carboxylic acid groups (broad SMARTS) is 2. The quantitative estimate of drug-likeness (QED) is 0.833. The predicted octanol–water partition coefficient (Wildman–Crippen LogP) is 2.32. The van der Waals surface area contributed by atoms with Crippen molar-refractivity contribution in [2.45, 2.75) is 4.90 Å². The van der Waals surface area contributed by atoms with Gasteiger partial charge >= 0.3 is 11.9 Å². The van der Waals surface area contributed by atoms with E-state index in [0.717, 1.165) is 11.8 Å². The van der Waals surface area contributed by atoms with Gasteiger partial charge < -0.3 is 10.2 Å². The lowest BCUT2D eigenvalue weighted by atomic mass is 10.2. The molecule has 0 heterocycles. The molecule has 0 aromatic heterocycles. The first kappa shape index (κ1) is 12.1. The van der Waals surface area contributed by atoms with Crippen LogP contribution in [0.25, 0.3) is 0 Å². The van der Waals surface area contributed by atoms with Crippen LogP contribution in [0.5, 0.6) is 0 Å². The molecule has 4 nitrogen and oxygen atoms in total. The summed E-state index contributed by atoms with van der Waals surface area (Å²) < 4.78 is 0.449. The van der Waals surface area contributed by atoms with E-state index < -0.39 is 11.9 Å². The Hall–Kier alpha value is -1.01. The van der Waals surface area contributed by atoms with Gasteiger partial charge in [0.05, 0.1) is 11.3 Å². The summed E-state index contributed by atoms with van der Waals surface area (Å²) in [5.41, 5.74) is 0.101. The summed E-state index contributed by atoms with van der Waals surface area (Å²) in [5, 5.41) is 17.4. The van der Waals surface area contributed by atoms with E-state index >= 15 is 0 Å². The second kappa shape index (κ2) is 5.18. The van der Waals surface area contributed by atoms with Crippen LogP contribution < -0.4 is 0 Å². The largest absolute Gasteiger partial charge is 0.481 e. The Morgan fingerprint density at radius 2 is 2.00 bits per heavy atom. The molecule has 80 valence electrons. The summed E-state index contributed by atoms with van der Waals surface area (Å²) in [6.45, 7) is 0. The van der Waals surface area contributed by atoms with Crippen LogP contribution in [0.4, 0.5) is 0 Å². The normalized spacial score (nSPS) is 9.93. The minimum absolute atomic E-state index is 0.101. The lowest BCUT2D eigenvalue weighted by Crippen LogP contribution is -2.03. The van der Waals surface area contributed by atoms with Crippen LogP contribution in [0.15, 0.2) is 27.6 Å². The minimum Gasteiger partial charge on any atom is -0.481 e. The number of benzene rings is 1. The summed E-state index contributed by atoms with van der Waals surface area (Å²) in [6, 6.07) is 4.86. The summed E-state index contributed by atoms with van der Waals surface area (Å²) in [6.07, 6.45) is 0. The minimum atomic E-state index is -1.07. The van der Waals surface area contributed by atoms with Gasteiger partial charge in [0.2, 0.25) is 0 Å². The number of aliphatic carboxylic acids is 1. The zero-order valence-electron chi connectivity index (χ0n) is 7.44. The molecule has 1 rings (SSSR count). The summed E-state index contributed by atoms with van der Waals surface area (Å²) in [4.78, 5) is 21.7. The van der Waals surface area contributed by atoms with E-state index in [0.29, 0.717) is 9.37 Å². The van der Waals surface area contributed by atoms with Crippen LogP contribution >= 0.6 is 27.7 Å². The first-order chi connectivity index (χ1) is 7.02. The Balaban J connectivity index is 3.01. The SMILES string of the molecule is O=C(O)CSc1cccc(Br)c1C(=O)O. The molecular formula is C9H7BrO4S. The standard InChI is InChI=1S/C9H7BrO4S/c10-5-2-1-3-6(8(5)9(13)14)15-4-7(11)12/h1-3H,4H2,(H,11,12)(H,13,14). The lowest BCUT2D eigenvalue weighted by Gasteiger charge is -2.05. The molecule has 2 N–H and O–H groups in total. The van der Waals surface area contributed by atoms with E-state index in [1.165, 1.54) is 0 Å². The molecule has 15 heavy (non-hydrogen) atoms. The second-order valence-corrected chi connectivity index (χ2v) is 4.47. The van der Waals surface area contributed by atoms with Gasteiger partial charge in [-0.05, 0) is 28.1 Å². The maximum Gasteiger partial charge on any atom is 0.337 e. The zero-order chi connectivity index (χ0) is 11.4. The molecule has 0 saturated carbocycles. The Bertz CT molecular complexity index is 405. The predicted molar refractivity (Wildman–Crippen MR) is 59.5 cm³/mol. The van der Waals surface area contributed by atoms with Crippen molar-refractivity contribution in [1.29, 1.82) is 0 Å². The van der Waals surface area contributed by atoms with Gasteiger partial charge in [-0.2, -0.15) is 0 Å². The number of hydrogen-bond acceptors (Lipinski definition) is 3. The highest BCUT2D eigenvalue weighted by Gasteiger charge is 2.14. The van der Waals surface area contributed by atoms with Gasteiger partial charge in [0, 0.05) is 9.37 Å². The number of carbonyl (C=O) groups is 2. The van der Waals surface area contributed by atoms with Gasteiger partial charge in [-0.25, -0.2) is 4.79 Å². The highest BCUT2D eigenvalue weighted by molar-refractivity contribution is 9.10. The van der Waals surface area contributed by atoms with Gasteiger partial charge in [-0.1, -0.05) is 6.07 Å². The molecule has 0 aliphatic rings. The molecule has 1 aromatic rings. The van der Waals surface area contributed by atoms with Gasteiger partial charge in [0.15, 0.2) is 0 Å². The van der Waals surface area contributed by atoms with E-state index in [9.17, 15) is 9.59 Å². The van der Waals surface area contributed by atoms with Crippen molar-refractivity contribution in [3.8, 4) is 0 Å². The Labute approximate surface area is 98.4 Å². The average molecular weight is 291 g/mol. The Morgan fingerprint density at radius 1 is 1.33 bits per heavy atom. The molecule has 1 aromatic carbocycles. The smallest absolute Gasteiger partial charge is 0.337 e. The van der Waals surface area contributed by atoms with Crippen molar-refractivity contribution in [2.24, 2.45) is 0 Å². The van der Waals surface area contributed by atoms with E-state index in [2.05, 4.69) is 15.9 Å². The van der Waals surface area contributed by atoms with Crippen molar-refractivity contribution < 1.29 is 19.8 Å². The van der Waals surface area contributed by atoms with Crippen molar-refractivity contribution >= 4 is 39.6 Å². The first-order valence-electron chi connectivity index (χ1n) is 3.88. The van der Waals surface area contributed by atoms with Crippen LogP contribution in [0.1, 0.15) is 10.4 Å². The Morgan fingerprint density at radius 3 is 2.53 bits per heavy atom. The first-order valence-corrected chi connectivity index (χ1v) is 5.66. The summed E-state index contributed by atoms with van der Waals surface area (Å²) in [5.74, 6) is -2.21. The van der Waals surface area contributed by atoms with Gasteiger partial charge in [-0.15, -0.1) is 11.8 Å². The van der Waals surface area contributed by atoms with E-state index in [1.807, 2.05) is 0 Å². The molecule has 0 unspecified atom stereocenters. The molecule has 0 atom stereocenters. The zero-order valence-corrected chi connectivity index (χ0v) is 9.84. The summed E-state index contributed by atoms with van der Waals surface area (Å²) in [7, 11) is 0. The second-order valence-electron chi connectivity index (χ2n) is 2.60. The average Bonchev–Trinajstić information content (AvgIpc) is 2.13.